The number of carboxylic acid groups (broad SMARTS) is 1. The first-order chi connectivity index (χ1) is 17.7. The number of aliphatic hydroxyl groups is 1. The molecule has 0 saturated heterocycles. The topological polar surface area (TPSA) is 105 Å². The van der Waals surface area contributed by atoms with Crippen molar-refractivity contribution in [2.24, 2.45) is 5.92 Å². The Morgan fingerprint density at radius 2 is 1.95 bits per heavy atom. The van der Waals surface area contributed by atoms with Crippen molar-refractivity contribution >= 4 is 28.8 Å². The summed E-state index contributed by atoms with van der Waals surface area (Å²) in [5.41, 5.74) is 2.38. The summed E-state index contributed by atoms with van der Waals surface area (Å²) in [6.07, 6.45) is 1.41. The van der Waals surface area contributed by atoms with Crippen LogP contribution < -0.4 is 4.90 Å². The van der Waals surface area contributed by atoms with Gasteiger partial charge in [-0.2, -0.15) is 0 Å². The second-order valence-corrected chi connectivity index (χ2v) is 9.92. The molecule has 0 bridgehead atoms. The summed E-state index contributed by atoms with van der Waals surface area (Å²) in [4.78, 5) is 30.7. The second kappa shape index (κ2) is 9.74. The number of aliphatic hydroxyl groups excluding tert-OH is 1. The minimum Gasteiger partial charge on any atom is -0.481 e. The minimum atomic E-state index is -1.58. The van der Waals surface area contributed by atoms with Gasteiger partial charge in [0.15, 0.2) is 0 Å². The number of hydrogen-bond acceptors (Lipinski definition) is 5. The molecule has 2 aliphatic rings. The average molecular weight is 514 g/mol. The molecule has 1 saturated carbocycles. The van der Waals surface area contributed by atoms with Crippen LogP contribution in [-0.2, 0) is 16.0 Å². The third kappa shape index (κ3) is 4.33. The van der Waals surface area contributed by atoms with Crippen LogP contribution in [0, 0.1) is 17.6 Å². The number of amides is 1. The molecule has 37 heavy (non-hydrogen) atoms. The van der Waals surface area contributed by atoms with Crippen LogP contribution in [0.4, 0.5) is 19.3 Å². The fourth-order valence-corrected chi connectivity index (χ4v) is 5.86. The van der Waals surface area contributed by atoms with Gasteiger partial charge in [-0.25, -0.2) is 18.6 Å². The molecule has 1 aliphatic carbocycles. The molecule has 1 aliphatic heterocycles. The van der Waals surface area contributed by atoms with Gasteiger partial charge in [0, 0.05) is 23.2 Å². The Kier molecular flexibility index (Phi) is 6.61. The zero-order chi connectivity index (χ0) is 26.4. The summed E-state index contributed by atoms with van der Waals surface area (Å²) in [6, 6.07) is 6.07. The molecule has 2 N–H and O–H groups in total. The number of hydrogen-bond donors (Lipinski definition) is 2. The van der Waals surface area contributed by atoms with Gasteiger partial charge < -0.3 is 19.5 Å². The van der Waals surface area contributed by atoms with E-state index in [1.165, 1.54) is 7.11 Å². The van der Waals surface area contributed by atoms with E-state index < -0.39 is 35.7 Å². The Balaban J connectivity index is 1.71. The number of nitrogens with zero attached hydrogens (tertiary/aromatic N) is 3. The van der Waals surface area contributed by atoms with Crippen LogP contribution in [0.25, 0.3) is 11.0 Å². The molecule has 0 radical (unpaired) electrons. The van der Waals surface area contributed by atoms with Crippen LogP contribution in [0.5, 0.6) is 0 Å². The van der Waals surface area contributed by atoms with Crippen LogP contribution >= 0.6 is 0 Å². The quantitative estimate of drug-likeness (QED) is 0.502. The van der Waals surface area contributed by atoms with E-state index in [0.29, 0.717) is 55.2 Å². The molecule has 1 fully saturated rings. The number of imidazole rings is 1. The zero-order valence-electron chi connectivity index (χ0n) is 20.7. The summed E-state index contributed by atoms with van der Waals surface area (Å²) in [6.45, 7) is 1.93. The van der Waals surface area contributed by atoms with E-state index in [1.54, 1.807) is 21.6 Å². The fraction of sp³-hybridized carbons (Fsp3) is 0.444. The molecule has 1 amide bonds. The molecule has 5 rings (SSSR count). The number of carbonyl (C=O) groups excluding carboxylic acids is 1. The molecule has 2 aromatic carbocycles. The Labute approximate surface area is 212 Å². The van der Waals surface area contributed by atoms with E-state index in [4.69, 9.17) is 9.72 Å². The smallest absolute Gasteiger partial charge is 0.414 e. The number of fused-ring (bicyclic) bond motifs is 3. The Morgan fingerprint density at radius 1 is 1.16 bits per heavy atom. The van der Waals surface area contributed by atoms with E-state index in [9.17, 15) is 28.6 Å². The van der Waals surface area contributed by atoms with Gasteiger partial charge in [0.2, 0.25) is 0 Å². The van der Waals surface area contributed by atoms with Crippen molar-refractivity contribution in [3.63, 3.8) is 0 Å². The predicted octanol–water partition coefficient (Wildman–Crippen LogP) is 5.12. The van der Waals surface area contributed by atoms with Crippen molar-refractivity contribution in [3.8, 4) is 0 Å². The third-order valence-electron chi connectivity index (χ3n) is 7.71. The first-order valence-corrected chi connectivity index (χ1v) is 12.5. The van der Waals surface area contributed by atoms with E-state index in [0.717, 1.165) is 23.8 Å². The van der Waals surface area contributed by atoms with Gasteiger partial charge in [0.05, 0.1) is 29.7 Å². The summed E-state index contributed by atoms with van der Waals surface area (Å²) in [5, 5.41) is 21.0. The Morgan fingerprint density at radius 3 is 2.68 bits per heavy atom. The van der Waals surface area contributed by atoms with E-state index >= 15 is 0 Å². The maximum absolute atomic E-state index is 14.7. The minimum absolute atomic E-state index is 0.0967. The van der Waals surface area contributed by atoms with Gasteiger partial charge in [0.1, 0.15) is 23.6 Å². The van der Waals surface area contributed by atoms with Gasteiger partial charge in [-0.3, -0.25) is 9.69 Å². The third-order valence-corrected chi connectivity index (χ3v) is 7.71. The Hall–Kier alpha value is -3.53. The number of aliphatic carboxylic acids is 1. The van der Waals surface area contributed by atoms with E-state index in [1.807, 2.05) is 6.92 Å². The number of carbonyl (C=O) groups is 2. The predicted molar refractivity (Wildman–Crippen MR) is 131 cm³/mol. The number of halogens is 2. The van der Waals surface area contributed by atoms with Gasteiger partial charge in [0.25, 0.3) is 0 Å². The highest BCUT2D eigenvalue weighted by Gasteiger charge is 2.36. The summed E-state index contributed by atoms with van der Waals surface area (Å²) in [7, 11) is 1.32. The van der Waals surface area contributed by atoms with Crippen molar-refractivity contribution in [3.05, 3.63) is 58.9 Å². The lowest BCUT2D eigenvalue weighted by Gasteiger charge is -2.34. The van der Waals surface area contributed by atoms with E-state index in [2.05, 4.69) is 0 Å². The maximum Gasteiger partial charge on any atom is 0.414 e. The van der Waals surface area contributed by atoms with Crippen molar-refractivity contribution in [2.75, 3.05) is 12.0 Å². The van der Waals surface area contributed by atoms with Gasteiger partial charge in [-0.1, -0.05) is 6.42 Å². The number of carboxylic acids is 1. The monoisotopic (exact) mass is 513 g/mol. The molecular weight excluding hydrogens is 484 g/mol. The summed E-state index contributed by atoms with van der Waals surface area (Å²) in [5.74, 6) is -2.78. The van der Waals surface area contributed by atoms with Crippen LogP contribution in [0.1, 0.15) is 68.1 Å². The van der Waals surface area contributed by atoms with Gasteiger partial charge in [-0.15, -0.1) is 0 Å². The van der Waals surface area contributed by atoms with E-state index in [-0.39, 0.29) is 23.5 Å². The number of aryl methyl sites for hydroxylation is 1. The number of benzene rings is 2. The largest absolute Gasteiger partial charge is 0.481 e. The van der Waals surface area contributed by atoms with Crippen molar-refractivity contribution < 1.29 is 33.3 Å². The lowest BCUT2D eigenvalue weighted by Crippen LogP contribution is -2.42. The first-order valence-electron chi connectivity index (χ1n) is 12.5. The van der Waals surface area contributed by atoms with Gasteiger partial charge in [-0.05, 0) is 69.4 Å². The molecule has 3 aromatic rings. The molecule has 1 aromatic heterocycles. The van der Waals surface area contributed by atoms with Gasteiger partial charge >= 0.3 is 12.1 Å². The van der Waals surface area contributed by atoms with Crippen LogP contribution in [-0.4, -0.2) is 45.0 Å². The maximum atomic E-state index is 14.7. The molecule has 196 valence electrons. The highest BCUT2D eigenvalue weighted by atomic mass is 19.1. The normalized spacial score (nSPS) is 22.5. The van der Waals surface area contributed by atoms with Crippen LogP contribution in [0.2, 0.25) is 0 Å². The molecule has 0 unspecified atom stereocenters. The Bertz CT molecular complexity index is 1370. The number of ether oxygens (including phenoxy) is 1. The fourth-order valence-electron chi connectivity index (χ4n) is 5.86. The van der Waals surface area contributed by atoms with Crippen molar-refractivity contribution in [2.45, 2.75) is 63.6 Å². The first kappa shape index (κ1) is 25.1. The zero-order valence-corrected chi connectivity index (χ0v) is 20.7. The number of methoxy groups -OCH3 is 1. The SMILES string of the molecule is COC(=O)N1c2ccc3c(nc([C@@H](O)c4cc(F)ccc4F)n3[C@@H]3CCC[C@@H](C(=O)O)C3)c2CC[C@@H]1C. The number of anilines is 1. The number of aromatic nitrogens is 2. The molecule has 10 heteroatoms. The van der Waals surface area contributed by atoms with Crippen LogP contribution in [0.15, 0.2) is 30.3 Å². The molecule has 8 nitrogen and oxygen atoms in total. The lowest BCUT2D eigenvalue weighted by atomic mass is 9.85. The van der Waals surface area contributed by atoms with Crippen molar-refractivity contribution in [1.29, 1.82) is 0 Å². The lowest BCUT2D eigenvalue weighted by molar-refractivity contribution is -0.143. The average Bonchev–Trinajstić information content (AvgIpc) is 3.29. The molecule has 2 heterocycles. The highest BCUT2D eigenvalue weighted by Crippen LogP contribution is 2.42. The standard InChI is InChI=1S/C27H29F2N3O5/c1-14-6-8-18-21(31(14)27(36)37-2)10-11-22-23(18)30-25(24(33)19-13-16(28)7-9-20(19)29)32(22)17-5-3-4-15(12-17)26(34)35/h7,9-11,13-15,17,24,33H,3-6,8,12H2,1-2H3,(H,34,35)/t14-,15+,17+,24-/m0/s1. The summed E-state index contributed by atoms with van der Waals surface area (Å²) >= 11 is 0. The molecule has 4 atom stereocenters. The summed E-state index contributed by atoms with van der Waals surface area (Å²) < 4.78 is 35.5. The number of rotatable bonds is 4. The van der Waals surface area contributed by atoms with Crippen LogP contribution in [0.3, 0.4) is 0 Å². The molecule has 0 spiro atoms. The molecular formula is C27H29F2N3O5. The van der Waals surface area contributed by atoms with Crippen molar-refractivity contribution in [1.82, 2.24) is 9.55 Å². The second-order valence-electron chi connectivity index (χ2n) is 9.92. The highest BCUT2D eigenvalue weighted by molar-refractivity contribution is 5.95.